The molecule has 53 heavy (non-hydrogen) atoms. The normalized spacial score (nSPS) is 26.2. The van der Waals surface area contributed by atoms with Crippen LogP contribution in [0.2, 0.25) is 0 Å². The van der Waals surface area contributed by atoms with Gasteiger partial charge < -0.3 is 9.84 Å². The Labute approximate surface area is 314 Å². The highest BCUT2D eigenvalue weighted by Gasteiger charge is 2.70. The van der Waals surface area contributed by atoms with Crippen LogP contribution in [-0.4, -0.2) is 46.6 Å². The molecule has 4 amide bonds. The quantitative estimate of drug-likeness (QED) is 0.118. The number of ether oxygens (including phenoxy) is 1. The fraction of sp³-hybridized carbons (Fsp3) is 0.262. The number of amides is 4. The molecule has 11 heteroatoms. The summed E-state index contributed by atoms with van der Waals surface area (Å²) in [5, 5.41) is 12.0. The van der Waals surface area contributed by atoms with Gasteiger partial charge in [0.25, 0.3) is 11.8 Å². The van der Waals surface area contributed by atoms with Crippen LogP contribution in [0.15, 0.2) is 107 Å². The number of carbonyl (C=O) groups excluding carboxylic acids is 5. The number of ketones is 1. The number of nitrogens with one attached hydrogen (secondary N) is 1. The number of anilines is 2. The van der Waals surface area contributed by atoms with Crippen LogP contribution in [0.5, 0.6) is 11.5 Å². The Kier molecular flexibility index (Phi) is 8.36. The van der Waals surface area contributed by atoms with Crippen molar-refractivity contribution in [3.63, 3.8) is 0 Å². The summed E-state index contributed by atoms with van der Waals surface area (Å²) in [5.41, 5.74) is 6.05. The van der Waals surface area contributed by atoms with Gasteiger partial charge in [0, 0.05) is 11.5 Å². The van der Waals surface area contributed by atoms with Crippen LogP contribution in [0.3, 0.4) is 0 Å². The summed E-state index contributed by atoms with van der Waals surface area (Å²) in [6.45, 7) is 3.40. The molecule has 4 aliphatic rings. The van der Waals surface area contributed by atoms with Crippen molar-refractivity contribution >= 4 is 56.7 Å². The van der Waals surface area contributed by atoms with Crippen molar-refractivity contribution in [1.82, 2.24) is 5.01 Å². The molecule has 10 nitrogen and oxygen atoms in total. The van der Waals surface area contributed by atoms with Crippen molar-refractivity contribution in [3.05, 3.63) is 129 Å². The maximum Gasteiger partial charge on any atom is 0.260 e. The van der Waals surface area contributed by atoms with Gasteiger partial charge >= 0.3 is 0 Å². The molecule has 0 spiro atoms. The lowest BCUT2D eigenvalue weighted by molar-refractivity contribution is -0.138. The lowest BCUT2D eigenvalue weighted by Gasteiger charge is -2.50. The van der Waals surface area contributed by atoms with E-state index in [4.69, 9.17) is 4.74 Å². The molecule has 2 N–H and O–H groups in total. The van der Waals surface area contributed by atoms with Gasteiger partial charge in [0.15, 0.2) is 17.3 Å². The number of methoxy groups -OCH3 is 1. The molecular weight excluding hydrogens is 738 g/mol. The van der Waals surface area contributed by atoms with Crippen molar-refractivity contribution in [3.8, 4) is 11.5 Å². The highest BCUT2D eigenvalue weighted by Crippen LogP contribution is 2.64. The molecular formula is C42H36BrN3O7. The molecule has 2 saturated heterocycles. The average Bonchev–Trinajstić information content (AvgIpc) is 3.54. The van der Waals surface area contributed by atoms with Gasteiger partial charge in [-0.2, -0.15) is 5.01 Å². The van der Waals surface area contributed by atoms with Gasteiger partial charge in [0.2, 0.25) is 11.8 Å². The molecule has 4 aromatic rings. The molecule has 6 atom stereocenters. The Balaban J connectivity index is 1.32. The van der Waals surface area contributed by atoms with Gasteiger partial charge in [0.1, 0.15) is 0 Å². The third kappa shape index (κ3) is 5.15. The minimum Gasteiger partial charge on any atom is -0.503 e. The number of carbonyl (C=O) groups is 5. The highest BCUT2D eigenvalue weighted by molar-refractivity contribution is 9.10. The predicted octanol–water partition coefficient (Wildman–Crippen LogP) is 6.86. The number of Topliss-reactive ketones (excluding diaryl/α,β-unsaturated/α-hetero) is 1. The largest absolute Gasteiger partial charge is 0.503 e. The van der Waals surface area contributed by atoms with E-state index in [9.17, 15) is 24.3 Å². The Hall–Kier alpha value is -5.55. The van der Waals surface area contributed by atoms with E-state index in [0.29, 0.717) is 32.5 Å². The molecule has 6 unspecified atom stereocenters. The third-order valence-electron chi connectivity index (χ3n) is 11.5. The van der Waals surface area contributed by atoms with E-state index in [-0.39, 0.29) is 41.9 Å². The first-order valence-corrected chi connectivity index (χ1v) is 18.3. The van der Waals surface area contributed by atoms with E-state index >= 15 is 4.79 Å². The van der Waals surface area contributed by atoms with E-state index < -0.39 is 46.8 Å². The van der Waals surface area contributed by atoms with E-state index in [1.54, 1.807) is 48.5 Å². The van der Waals surface area contributed by atoms with Crippen molar-refractivity contribution < 1.29 is 33.8 Å². The van der Waals surface area contributed by atoms with Crippen LogP contribution in [-0.2, 0) is 24.6 Å². The van der Waals surface area contributed by atoms with Crippen LogP contribution < -0.4 is 15.1 Å². The first-order valence-electron chi connectivity index (χ1n) is 17.5. The standard InChI is InChI=1S/C42H36BrN3O7/c1-22-9-13-27(14-10-22)44-46-39(50)32-21-31-29(17-18-30-35(31)40(51)45(38(30)49)28-15-11-24(12-16-28)23(2)47)36(25-19-33(43)37(48)34(20-25)53-3)42(32,41(46)52)26-7-5-4-6-8-26/h4-17,19-20,30-32,35-36,44,48H,18,21H2,1-3H3. The molecule has 1 saturated carbocycles. The molecule has 0 radical (unpaired) electrons. The number of phenolic OH excluding ortho intramolecular Hbond substituents is 1. The van der Waals surface area contributed by atoms with E-state index in [1.807, 2.05) is 55.5 Å². The molecule has 3 fully saturated rings. The summed E-state index contributed by atoms with van der Waals surface area (Å²) in [6, 6.07) is 26.5. The van der Waals surface area contributed by atoms with E-state index in [1.165, 1.54) is 18.9 Å². The molecule has 0 aromatic heterocycles. The minimum absolute atomic E-state index is 0.119. The second-order valence-corrected chi connectivity index (χ2v) is 15.1. The number of aromatic hydroxyl groups is 1. The van der Waals surface area contributed by atoms with Crippen LogP contribution >= 0.6 is 15.9 Å². The van der Waals surface area contributed by atoms with Crippen molar-refractivity contribution in [2.24, 2.45) is 23.7 Å². The summed E-state index contributed by atoms with van der Waals surface area (Å²) >= 11 is 3.49. The fourth-order valence-corrected chi connectivity index (χ4v) is 9.60. The summed E-state index contributed by atoms with van der Waals surface area (Å²) in [4.78, 5) is 72.0. The number of hydrogen-bond donors (Lipinski definition) is 2. The van der Waals surface area contributed by atoms with Crippen LogP contribution in [0.4, 0.5) is 11.4 Å². The van der Waals surface area contributed by atoms with Gasteiger partial charge in [-0.15, -0.1) is 0 Å². The highest BCUT2D eigenvalue weighted by atomic mass is 79.9. The smallest absolute Gasteiger partial charge is 0.260 e. The predicted molar refractivity (Wildman–Crippen MR) is 200 cm³/mol. The maximum atomic E-state index is 15.3. The topological polar surface area (TPSA) is 133 Å². The second-order valence-electron chi connectivity index (χ2n) is 14.3. The summed E-state index contributed by atoms with van der Waals surface area (Å²) < 4.78 is 5.92. The number of hydrogen-bond acceptors (Lipinski definition) is 8. The number of rotatable bonds is 7. The van der Waals surface area contributed by atoms with Gasteiger partial charge in [-0.3, -0.25) is 34.3 Å². The number of phenols is 1. The minimum atomic E-state index is -1.47. The average molecular weight is 775 g/mol. The van der Waals surface area contributed by atoms with Crippen molar-refractivity contribution in [1.29, 1.82) is 0 Å². The Morgan fingerprint density at radius 3 is 2.26 bits per heavy atom. The van der Waals surface area contributed by atoms with Crippen LogP contribution in [0, 0.1) is 30.6 Å². The molecule has 2 aliphatic carbocycles. The lowest BCUT2D eigenvalue weighted by atomic mass is 9.49. The number of halogens is 1. The first-order chi connectivity index (χ1) is 25.5. The monoisotopic (exact) mass is 773 g/mol. The molecule has 2 heterocycles. The molecule has 2 aliphatic heterocycles. The van der Waals surface area contributed by atoms with Crippen LogP contribution in [0.25, 0.3) is 0 Å². The Bertz CT molecular complexity index is 2240. The third-order valence-corrected chi connectivity index (χ3v) is 12.1. The van der Waals surface area contributed by atoms with E-state index in [2.05, 4.69) is 21.4 Å². The number of hydrazine groups is 1. The number of allylic oxidation sites excluding steroid dienone is 2. The maximum absolute atomic E-state index is 15.3. The van der Waals surface area contributed by atoms with Crippen LogP contribution in [0.1, 0.15) is 52.7 Å². The molecule has 8 rings (SSSR count). The lowest BCUT2D eigenvalue weighted by Crippen LogP contribution is -2.53. The Morgan fingerprint density at radius 1 is 0.906 bits per heavy atom. The van der Waals surface area contributed by atoms with Gasteiger partial charge in [-0.25, -0.2) is 0 Å². The van der Waals surface area contributed by atoms with Gasteiger partial charge in [-0.05, 0) is 108 Å². The number of imide groups is 2. The zero-order valence-corrected chi connectivity index (χ0v) is 30.8. The number of fused-ring (bicyclic) bond motifs is 4. The van der Waals surface area contributed by atoms with Crippen molar-refractivity contribution in [2.45, 2.75) is 38.0 Å². The van der Waals surface area contributed by atoms with Crippen molar-refractivity contribution in [2.75, 3.05) is 17.4 Å². The van der Waals surface area contributed by atoms with Gasteiger partial charge in [-0.1, -0.05) is 59.7 Å². The number of benzene rings is 4. The summed E-state index contributed by atoms with van der Waals surface area (Å²) in [7, 11) is 1.44. The Morgan fingerprint density at radius 2 is 1.60 bits per heavy atom. The zero-order valence-electron chi connectivity index (χ0n) is 29.2. The molecule has 0 bridgehead atoms. The SMILES string of the molecule is COc1cc(C2C3=CCC4C(=O)N(c5ccc(C(C)=O)cc5)C(=O)C4C3CC3C(=O)N(Nc4ccc(C)cc4)C(=O)C32c2ccccc2)cc(Br)c1O. The second kappa shape index (κ2) is 12.8. The first kappa shape index (κ1) is 34.5. The van der Waals surface area contributed by atoms with E-state index in [0.717, 1.165) is 16.1 Å². The fourth-order valence-electron chi connectivity index (χ4n) is 9.14. The summed E-state index contributed by atoms with van der Waals surface area (Å²) in [6.07, 6.45) is 2.37. The summed E-state index contributed by atoms with van der Waals surface area (Å²) in [5.74, 6) is -5.48. The molecule has 268 valence electrons. The molecule has 4 aromatic carbocycles. The number of nitrogens with zero attached hydrogens (tertiary/aromatic N) is 2. The number of aryl methyl sites for hydroxylation is 1. The van der Waals surface area contributed by atoms with Gasteiger partial charge in [0.05, 0.1) is 46.1 Å². The zero-order chi connectivity index (χ0) is 37.3.